The summed E-state index contributed by atoms with van der Waals surface area (Å²) in [6, 6.07) is 3.23. The summed E-state index contributed by atoms with van der Waals surface area (Å²) in [5, 5.41) is 0. The van der Waals surface area contributed by atoms with Crippen LogP contribution in [-0.2, 0) is 17.3 Å². The van der Waals surface area contributed by atoms with Gasteiger partial charge in [0.1, 0.15) is 10.6 Å². The second kappa shape index (κ2) is 5.95. The third-order valence-electron chi connectivity index (χ3n) is 2.81. The highest BCUT2D eigenvalue weighted by molar-refractivity contribution is 7.90. The molecule has 0 aliphatic carbocycles. The van der Waals surface area contributed by atoms with Crippen molar-refractivity contribution in [1.29, 1.82) is 0 Å². The second-order valence-corrected chi connectivity index (χ2v) is 7.82. The van der Waals surface area contributed by atoms with Gasteiger partial charge >= 0.3 is 0 Å². The fourth-order valence-corrected chi connectivity index (χ4v) is 2.43. The van der Waals surface area contributed by atoms with Crippen molar-refractivity contribution in [1.82, 2.24) is 4.72 Å². The van der Waals surface area contributed by atoms with E-state index in [1.54, 1.807) is 27.7 Å². The first kappa shape index (κ1) is 17.3. The fourth-order valence-electron chi connectivity index (χ4n) is 1.62. The van der Waals surface area contributed by atoms with Gasteiger partial charge in [0.25, 0.3) is 5.92 Å². The van der Waals surface area contributed by atoms with Crippen LogP contribution in [0.25, 0.3) is 0 Å². The molecular weight excluding hydrogens is 287 g/mol. The molecule has 0 saturated heterocycles. The van der Waals surface area contributed by atoms with E-state index in [4.69, 9.17) is 0 Å². The van der Waals surface area contributed by atoms with Gasteiger partial charge in [-0.05, 0) is 27.7 Å². The normalized spacial score (nSPS) is 16.1. The lowest BCUT2D eigenvalue weighted by atomic mass is 10.0. The summed E-state index contributed by atoms with van der Waals surface area (Å²) in [6.07, 6.45) is 0. The second-order valence-electron chi connectivity index (χ2n) is 5.82. The molecular formula is C14H20F3NOS. The van der Waals surface area contributed by atoms with Crippen LogP contribution in [0.2, 0.25) is 0 Å². The van der Waals surface area contributed by atoms with Crippen molar-refractivity contribution in [3.05, 3.63) is 35.1 Å². The van der Waals surface area contributed by atoms with Crippen LogP contribution in [0.5, 0.6) is 0 Å². The monoisotopic (exact) mass is 307 g/mol. The standard InChI is InChI=1S/C14H20F3NOS/c1-9(18-20(19)13(2,3)4)10-7-6-8-11(12(10)15)14(5,16)17/h6-9,18H,1-5H3. The summed E-state index contributed by atoms with van der Waals surface area (Å²) in [5.74, 6) is -4.20. The van der Waals surface area contributed by atoms with Gasteiger partial charge in [0.05, 0.1) is 11.6 Å². The molecule has 0 aliphatic heterocycles. The smallest absolute Gasteiger partial charge is 0.273 e. The van der Waals surface area contributed by atoms with Crippen LogP contribution in [0, 0.1) is 5.82 Å². The van der Waals surface area contributed by atoms with Crippen molar-refractivity contribution in [3.63, 3.8) is 0 Å². The van der Waals surface area contributed by atoms with Gasteiger partial charge in [-0.15, -0.1) is 4.72 Å². The maximum atomic E-state index is 14.1. The SMILES string of the molecule is CC(N[S+]([O-])C(C)(C)C)c1cccc(C(C)(F)F)c1F. The molecule has 2 atom stereocenters. The lowest BCUT2D eigenvalue weighted by molar-refractivity contribution is 0.0135. The minimum Gasteiger partial charge on any atom is -0.598 e. The van der Waals surface area contributed by atoms with E-state index in [1.807, 2.05) is 0 Å². The molecule has 0 amide bonds. The summed E-state index contributed by atoms with van der Waals surface area (Å²) in [4.78, 5) is 0. The maximum absolute atomic E-state index is 14.1. The van der Waals surface area contributed by atoms with Crippen molar-refractivity contribution in [2.45, 2.75) is 51.3 Å². The summed E-state index contributed by atoms with van der Waals surface area (Å²) in [6.45, 7) is 7.57. The third kappa shape index (κ3) is 4.14. The van der Waals surface area contributed by atoms with Gasteiger partial charge in [0.2, 0.25) is 0 Å². The maximum Gasteiger partial charge on any atom is 0.273 e. The Bertz CT molecular complexity index is 468. The molecule has 0 radical (unpaired) electrons. The molecule has 6 heteroatoms. The Kier molecular flexibility index (Phi) is 5.16. The molecule has 0 spiro atoms. The zero-order chi connectivity index (χ0) is 15.7. The van der Waals surface area contributed by atoms with Crippen LogP contribution < -0.4 is 4.72 Å². The number of hydrogen-bond acceptors (Lipinski definition) is 2. The van der Waals surface area contributed by atoms with Crippen molar-refractivity contribution in [3.8, 4) is 0 Å². The Labute approximate surface area is 121 Å². The van der Waals surface area contributed by atoms with Crippen LogP contribution in [0.1, 0.15) is 51.8 Å². The molecule has 20 heavy (non-hydrogen) atoms. The molecule has 114 valence electrons. The van der Waals surface area contributed by atoms with E-state index in [9.17, 15) is 17.7 Å². The molecule has 0 bridgehead atoms. The topological polar surface area (TPSA) is 35.1 Å². The van der Waals surface area contributed by atoms with Gasteiger partial charge in [-0.2, -0.15) is 0 Å². The number of benzene rings is 1. The van der Waals surface area contributed by atoms with E-state index in [-0.39, 0.29) is 5.56 Å². The summed E-state index contributed by atoms with van der Waals surface area (Å²) < 4.78 is 54.9. The van der Waals surface area contributed by atoms with E-state index in [0.717, 1.165) is 6.07 Å². The highest BCUT2D eigenvalue weighted by atomic mass is 32.2. The first-order valence-corrected chi connectivity index (χ1v) is 7.44. The predicted molar refractivity (Wildman–Crippen MR) is 75.4 cm³/mol. The molecule has 0 heterocycles. The molecule has 1 aromatic rings. The van der Waals surface area contributed by atoms with Crippen molar-refractivity contribution in [2.75, 3.05) is 0 Å². The molecule has 2 nitrogen and oxygen atoms in total. The van der Waals surface area contributed by atoms with Gasteiger partial charge in [-0.3, -0.25) is 0 Å². The Hall–Kier alpha value is -0.720. The molecule has 1 aromatic carbocycles. The Morgan fingerprint density at radius 2 is 1.75 bits per heavy atom. The minimum absolute atomic E-state index is 0.0848. The van der Waals surface area contributed by atoms with E-state index in [1.165, 1.54) is 12.1 Å². The van der Waals surface area contributed by atoms with Crippen LogP contribution in [-0.4, -0.2) is 9.30 Å². The Balaban J connectivity index is 3.03. The van der Waals surface area contributed by atoms with Crippen molar-refractivity contribution >= 4 is 11.4 Å². The van der Waals surface area contributed by atoms with Gasteiger partial charge in [-0.25, -0.2) is 13.2 Å². The molecule has 1 rings (SSSR count). The number of halogens is 3. The fraction of sp³-hybridized carbons (Fsp3) is 0.571. The van der Waals surface area contributed by atoms with Crippen LogP contribution in [0.15, 0.2) is 18.2 Å². The van der Waals surface area contributed by atoms with Gasteiger partial charge < -0.3 is 4.55 Å². The zero-order valence-corrected chi connectivity index (χ0v) is 13.1. The Morgan fingerprint density at radius 1 is 1.20 bits per heavy atom. The largest absolute Gasteiger partial charge is 0.598 e. The molecule has 0 fully saturated rings. The zero-order valence-electron chi connectivity index (χ0n) is 12.3. The van der Waals surface area contributed by atoms with E-state index >= 15 is 0 Å². The molecule has 2 unspecified atom stereocenters. The van der Waals surface area contributed by atoms with Crippen LogP contribution in [0.3, 0.4) is 0 Å². The molecule has 0 aromatic heterocycles. The first-order valence-electron chi connectivity index (χ1n) is 6.29. The number of alkyl halides is 2. The minimum atomic E-state index is -3.25. The average molecular weight is 307 g/mol. The van der Waals surface area contributed by atoms with E-state index in [0.29, 0.717) is 6.92 Å². The molecule has 0 aliphatic rings. The molecule has 0 saturated carbocycles. The number of nitrogens with one attached hydrogen (secondary N) is 1. The van der Waals surface area contributed by atoms with Gasteiger partial charge in [0, 0.05) is 23.8 Å². The molecule has 1 N–H and O–H groups in total. The van der Waals surface area contributed by atoms with Crippen LogP contribution in [0.4, 0.5) is 13.2 Å². The highest BCUT2D eigenvalue weighted by Gasteiger charge is 2.32. The number of hydrogen-bond donors (Lipinski definition) is 1. The lowest BCUT2D eigenvalue weighted by Gasteiger charge is -2.27. The van der Waals surface area contributed by atoms with Gasteiger partial charge in [-0.1, -0.05) is 18.2 Å². The Morgan fingerprint density at radius 3 is 2.20 bits per heavy atom. The third-order valence-corrected chi connectivity index (χ3v) is 4.49. The van der Waals surface area contributed by atoms with Crippen molar-refractivity contribution in [2.24, 2.45) is 0 Å². The predicted octanol–water partition coefficient (Wildman–Crippen LogP) is 4.05. The highest BCUT2D eigenvalue weighted by Crippen LogP contribution is 2.32. The van der Waals surface area contributed by atoms with Gasteiger partial charge in [0.15, 0.2) is 0 Å². The average Bonchev–Trinajstić information content (AvgIpc) is 2.26. The van der Waals surface area contributed by atoms with E-state index in [2.05, 4.69) is 4.72 Å². The number of rotatable bonds is 4. The van der Waals surface area contributed by atoms with Crippen molar-refractivity contribution < 1.29 is 17.7 Å². The quantitative estimate of drug-likeness (QED) is 0.852. The summed E-state index contributed by atoms with van der Waals surface area (Å²) in [5.41, 5.74) is -0.563. The van der Waals surface area contributed by atoms with E-state index < -0.39 is 39.5 Å². The summed E-state index contributed by atoms with van der Waals surface area (Å²) >= 11 is -1.41. The lowest BCUT2D eigenvalue weighted by Crippen LogP contribution is -2.40. The van der Waals surface area contributed by atoms with Crippen LogP contribution >= 0.6 is 0 Å². The summed E-state index contributed by atoms with van der Waals surface area (Å²) in [7, 11) is 0. The first-order chi connectivity index (χ1) is 8.94.